The van der Waals surface area contributed by atoms with Crippen LogP contribution in [0.4, 0.5) is 0 Å². The minimum atomic E-state index is -0.288. The highest BCUT2D eigenvalue weighted by molar-refractivity contribution is 5.94. The Hall–Kier alpha value is -1.88. The average molecular weight is 344 g/mol. The van der Waals surface area contributed by atoms with Crippen LogP contribution in [0.2, 0.25) is 0 Å². The number of nitrogens with zero attached hydrogens (tertiary/aromatic N) is 2. The molecule has 1 aromatic carbocycles. The van der Waals surface area contributed by atoms with Crippen LogP contribution in [0.1, 0.15) is 54.4 Å². The minimum Gasteiger partial charge on any atom is -0.393 e. The highest BCUT2D eigenvalue weighted by atomic mass is 16.3. The van der Waals surface area contributed by atoms with Crippen LogP contribution in [0.3, 0.4) is 0 Å². The Labute approximate surface area is 149 Å². The van der Waals surface area contributed by atoms with E-state index in [-0.39, 0.29) is 23.8 Å². The molecule has 2 unspecified atom stereocenters. The summed E-state index contributed by atoms with van der Waals surface area (Å²) < 4.78 is 0. The van der Waals surface area contributed by atoms with Crippen LogP contribution in [-0.4, -0.2) is 53.0 Å². The lowest BCUT2D eigenvalue weighted by Crippen LogP contribution is -2.38. The van der Waals surface area contributed by atoms with Gasteiger partial charge >= 0.3 is 0 Å². The largest absolute Gasteiger partial charge is 0.393 e. The Morgan fingerprint density at radius 3 is 2.56 bits per heavy atom. The van der Waals surface area contributed by atoms with E-state index in [0.29, 0.717) is 25.1 Å². The van der Waals surface area contributed by atoms with Gasteiger partial charge in [0.1, 0.15) is 0 Å². The SMILES string of the molecule is CN(CC1CCCCC1O)C(=O)c1ccc(CN2CCCC2=O)cc1. The van der Waals surface area contributed by atoms with Crippen LogP contribution < -0.4 is 0 Å². The van der Waals surface area contributed by atoms with Gasteiger partial charge in [0, 0.05) is 44.6 Å². The maximum absolute atomic E-state index is 12.6. The van der Waals surface area contributed by atoms with Crippen molar-refractivity contribution in [2.45, 2.75) is 51.2 Å². The van der Waals surface area contributed by atoms with Gasteiger partial charge in [0.05, 0.1) is 6.10 Å². The van der Waals surface area contributed by atoms with E-state index in [1.165, 1.54) is 0 Å². The number of hydrogen-bond acceptors (Lipinski definition) is 3. The van der Waals surface area contributed by atoms with E-state index in [9.17, 15) is 14.7 Å². The fourth-order valence-electron chi connectivity index (χ4n) is 3.90. The maximum Gasteiger partial charge on any atom is 0.253 e. The molecule has 2 amide bonds. The quantitative estimate of drug-likeness (QED) is 0.892. The summed E-state index contributed by atoms with van der Waals surface area (Å²) in [6.07, 6.45) is 5.34. The molecule has 136 valence electrons. The monoisotopic (exact) mass is 344 g/mol. The lowest BCUT2D eigenvalue weighted by atomic mass is 9.86. The molecule has 2 fully saturated rings. The highest BCUT2D eigenvalue weighted by Crippen LogP contribution is 2.25. The molecule has 0 radical (unpaired) electrons. The Balaban J connectivity index is 1.57. The first-order valence-electron chi connectivity index (χ1n) is 9.35. The second kappa shape index (κ2) is 8.00. The predicted octanol–water partition coefficient (Wildman–Crippen LogP) is 2.43. The van der Waals surface area contributed by atoms with Crippen molar-refractivity contribution in [3.63, 3.8) is 0 Å². The Morgan fingerprint density at radius 1 is 1.20 bits per heavy atom. The van der Waals surface area contributed by atoms with Crippen LogP contribution in [-0.2, 0) is 11.3 Å². The van der Waals surface area contributed by atoms with E-state index < -0.39 is 0 Å². The maximum atomic E-state index is 12.6. The molecule has 0 aromatic heterocycles. The Kier molecular flexibility index (Phi) is 5.74. The molecular weight excluding hydrogens is 316 g/mol. The first-order chi connectivity index (χ1) is 12.0. The van der Waals surface area contributed by atoms with Crippen LogP contribution in [0, 0.1) is 5.92 Å². The number of amides is 2. The van der Waals surface area contributed by atoms with Gasteiger partial charge in [0.2, 0.25) is 5.91 Å². The highest BCUT2D eigenvalue weighted by Gasteiger charge is 2.26. The zero-order valence-electron chi connectivity index (χ0n) is 15.0. The topological polar surface area (TPSA) is 60.9 Å². The molecule has 1 saturated carbocycles. The van der Waals surface area contributed by atoms with Gasteiger partial charge in [0.15, 0.2) is 0 Å². The van der Waals surface area contributed by atoms with E-state index in [2.05, 4.69) is 0 Å². The molecule has 5 heteroatoms. The van der Waals surface area contributed by atoms with Gasteiger partial charge in [-0.25, -0.2) is 0 Å². The zero-order valence-corrected chi connectivity index (χ0v) is 15.0. The first-order valence-corrected chi connectivity index (χ1v) is 9.35. The van der Waals surface area contributed by atoms with Gasteiger partial charge in [0.25, 0.3) is 5.91 Å². The van der Waals surface area contributed by atoms with Gasteiger partial charge in [-0.2, -0.15) is 0 Å². The summed E-state index contributed by atoms with van der Waals surface area (Å²) >= 11 is 0. The molecule has 2 atom stereocenters. The smallest absolute Gasteiger partial charge is 0.253 e. The van der Waals surface area contributed by atoms with Crippen LogP contribution >= 0.6 is 0 Å². The second-order valence-electron chi connectivity index (χ2n) is 7.41. The summed E-state index contributed by atoms with van der Waals surface area (Å²) in [5, 5.41) is 10.1. The second-order valence-corrected chi connectivity index (χ2v) is 7.41. The summed E-state index contributed by atoms with van der Waals surface area (Å²) in [6, 6.07) is 7.54. The standard InChI is InChI=1S/C20H28N2O3/c1-21(14-17-5-2-3-6-18(17)23)20(25)16-10-8-15(9-11-16)13-22-12-4-7-19(22)24/h8-11,17-18,23H,2-7,12-14H2,1H3. The Bertz CT molecular complexity index is 614. The predicted molar refractivity (Wildman–Crippen MR) is 96.0 cm³/mol. The molecule has 3 rings (SSSR count). The molecule has 0 bridgehead atoms. The molecular formula is C20H28N2O3. The van der Waals surface area contributed by atoms with Gasteiger partial charge in [-0.15, -0.1) is 0 Å². The molecule has 25 heavy (non-hydrogen) atoms. The molecule has 2 aliphatic rings. The van der Waals surface area contributed by atoms with E-state index >= 15 is 0 Å². The van der Waals surface area contributed by atoms with E-state index in [0.717, 1.165) is 44.2 Å². The summed E-state index contributed by atoms with van der Waals surface area (Å²) in [5.74, 6) is 0.385. The summed E-state index contributed by atoms with van der Waals surface area (Å²) in [5.41, 5.74) is 1.71. The summed E-state index contributed by atoms with van der Waals surface area (Å²) in [4.78, 5) is 27.9. The Morgan fingerprint density at radius 2 is 1.92 bits per heavy atom. The summed E-state index contributed by atoms with van der Waals surface area (Å²) in [7, 11) is 1.81. The van der Waals surface area contributed by atoms with E-state index in [1.807, 2.05) is 29.2 Å². The lowest BCUT2D eigenvalue weighted by molar-refractivity contribution is -0.128. The lowest BCUT2D eigenvalue weighted by Gasteiger charge is -2.31. The third-order valence-electron chi connectivity index (χ3n) is 5.47. The van der Waals surface area contributed by atoms with E-state index in [4.69, 9.17) is 0 Å². The van der Waals surface area contributed by atoms with Gasteiger partial charge in [-0.3, -0.25) is 9.59 Å². The van der Waals surface area contributed by atoms with Gasteiger partial charge in [-0.1, -0.05) is 25.0 Å². The van der Waals surface area contributed by atoms with E-state index in [1.54, 1.807) is 11.9 Å². The van der Waals surface area contributed by atoms with Gasteiger partial charge in [-0.05, 0) is 37.0 Å². The fraction of sp³-hybridized carbons (Fsp3) is 0.600. The van der Waals surface area contributed by atoms with Crippen molar-refractivity contribution < 1.29 is 14.7 Å². The van der Waals surface area contributed by atoms with Crippen molar-refractivity contribution in [2.75, 3.05) is 20.1 Å². The van der Waals surface area contributed by atoms with Crippen LogP contribution in [0.5, 0.6) is 0 Å². The molecule has 1 N–H and O–H groups in total. The number of likely N-dealkylation sites (tertiary alicyclic amines) is 1. The molecule has 0 spiro atoms. The van der Waals surface area contributed by atoms with Crippen molar-refractivity contribution in [3.8, 4) is 0 Å². The number of hydrogen-bond donors (Lipinski definition) is 1. The molecule has 1 aromatic rings. The normalized spacial score (nSPS) is 23.8. The summed E-state index contributed by atoms with van der Waals surface area (Å²) in [6.45, 7) is 2.05. The van der Waals surface area contributed by atoms with Crippen molar-refractivity contribution >= 4 is 11.8 Å². The number of aliphatic hydroxyl groups is 1. The van der Waals surface area contributed by atoms with Crippen molar-refractivity contribution in [2.24, 2.45) is 5.92 Å². The van der Waals surface area contributed by atoms with Crippen molar-refractivity contribution in [1.29, 1.82) is 0 Å². The van der Waals surface area contributed by atoms with Crippen LogP contribution in [0.15, 0.2) is 24.3 Å². The third kappa shape index (κ3) is 4.40. The molecule has 1 aliphatic heterocycles. The molecule has 5 nitrogen and oxygen atoms in total. The average Bonchev–Trinajstić information content (AvgIpc) is 3.02. The minimum absolute atomic E-state index is 0.0124. The fourth-order valence-corrected chi connectivity index (χ4v) is 3.90. The van der Waals surface area contributed by atoms with Gasteiger partial charge < -0.3 is 14.9 Å². The molecule has 1 aliphatic carbocycles. The zero-order chi connectivity index (χ0) is 17.8. The number of carbonyl (C=O) groups is 2. The van der Waals surface area contributed by atoms with Crippen molar-refractivity contribution in [1.82, 2.24) is 9.80 Å². The molecule has 1 heterocycles. The number of aliphatic hydroxyl groups excluding tert-OH is 1. The van der Waals surface area contributed by atoms with Crippen LogP contribution in [0.25, 0.3) is 0 Å². The number of rotatable bonds is 5. The number of benzene rings is 1. The third-order valence-corrected chi connectivity index (χ3v) is 5.47. The number of carbonyl (C=O) groups excluding carboxylic acids is 2. The first kappa shape index (κ1) is 17.9. The molecule has 1 saturated heterocycles. The van der Waals surface area contributed by atoms with Crippen molar-refractivity contribution in [3.05, 3.63) is 35.4 Å².